The molecule has 1 aromatic heterocycles. The second-order valence-corrected chi connectivity index (χ2v) is 10.4. The molecule has 4 nitrogen and oxygen atoms in total. The SMILES string of the molecule is CC(=O)C(OC(C)(C)C)c1c(C)c(F)c2cc(C)ccc2c1-c1ccc2c3c(ccnc13)CCO2. The Kier molecular flexibility index (Phi) is 5.64. The van der Waals surface area contributed by atoms with Gasteiger partial charge in [0.25, 0.3) is 0 Å². The summed E-state index contributed by atoms with van der Waals surface area (Å²) in [6, 6.07) is 11.7. The van der Waals surface area contributed by atoms with E-state index >= 15 is 4.39 Å². The van der Waals surface area contributed by atoms with E-state index in [-0.39, 0.29) is 11.6 Å². The van der Waals surface area contributed by atoms with Gasteiger partial charge in [0.1, 0.15) is 17.7 Å². The van der Waals surface area contributed by atoms with Crippen molar-refractivity contribution >= 4 is 27.5 Å². The Balaban J connectivity index is 1.95. The number of carbonyl (C=O) groups excluding carboxylic acids is 1. The molecule has 0 amide bonds. The summed E-state index contributed by atoms with van der Waals surface area (Å²) in [4.78, 5) is 17.8. The smallest absolute Gasteiger partial charge is 0.163 e. The van der Waals surface area contributed by atoms with Gasteiger partial charge in [-0.25, -0.2) is 4.39 Å². The molecule has 1 aliphatic rings. The van der Waals surface area contributed by atoms with Crippen LogP contribution in [0, 0.1) is 19.7 Å². The number of aromatic nitrogens is 1. The molecule has 1 aliphatic heterocycles. The van der Waals surface area contributed by atoms with Crippen LogP contribution in [0.5, 0.6) is 5.75 Å². The number of halogens is 1. The van der Waals surface area contributed by atoms with Gasteiger partial charge in [-0.15, -0.1) is 0 Å². The van der Waals surface area contributed by atoms with Gasteiger partial charge < -0.3 is 9.47 Å². The number of nitrogens with zero attached hydrogens (tertiary/aromatic N) is 1. The number of benzene rings is 3. The zero-order chi connectivity index (χ0) is 25.1. The molecule has 0 saturated carbocycles. The fourth-order valence-electron chi connectivity index (χ4n) is 5.13. The van der Waals surface area contributed by atoms with Crippen molar-refractivity contribution in [1.82, 2.24) is 4.98 Å². The quantitative estimate of drug-likeness (QED) is 0.316. The first-order chi connectivity index (χ1) is 16.6. The molecule has 0 N–H and O–H groups in total. The molecule has 0 fully saturated rings. The van der Waals surface area contributed by atoms with Crippen molar-refractivity contribution in [3.05, 3.63) is 70.7 Å². The first-order valence-electron chi connectivity index (χ1n) is 12.0. The average molecular weight is 472 g/mol. The number of Topliss-reactive ketones (excluding diaryl/α,β-unsaturated/α-hetero) is 1. The van der Waals surface area contributed by atoms with Gasteiger partial charge in [0.15, 0.2) is 5.78 Å². The molecular formula is C30H30FNO3. The molecule has 3 aromatic carbocycles. The second kappa shape index (κ2) is 8.42. The summed E-state index contributed by atoms with van der Waals surface area (Å²) in [7, 11) is 0. The molecule has 0 radical (unpaired) electrons. The van der Waals surface area contributed by atoms with E-state index < -0.39 is 11.7 Å². The van der Waals surface area contributed by atoms with Crippen LogP contribution in [0.3, 0.4) is 0 Å². The lowest BCUT2D eigenvalue weighted by atomic mass is 9.84. The highest BCUT2D eigenvalue weighted by Crippen LogP contribution is 2.46. The molecule has 4 aromatic rings. The third-order valence-corrected chi connectivity index (χ3v) is 6.62. The van der Waals surface area contributed by atoms with Crippen LogP contribution in [0.1, 0.15) is 56.1 Å². The molecule has 2 heterocycles. The molecule has 0 bridgehead atoms. The summed E-state index contributed by atoms with van der Waals surface area (Å²) in [5.74, 6) is 0.298. The second-order valence-electron chi connectivity index (χ2n) is 10.4. The van der Waals surface area contributed by atoms with Crippen molar-refractivity contribution in [2.45, 2.75) is 59.7 Å². The monoisotopic (exact) mass is 471 g/mol. The van der Waals surface area contributed by atoms with E-state index in [1.165, 1.54) is 12.5 Å². The van der Waals surface area contributed by atoms with E-state index in [1.54, 1.807) is 6.92 Å². The Morgan fingerprint density at radius 2 is 1.89 bits per heavy atom. The number of hydrogen-bond donors (Lipinski definition) is 0. The molecule has 5 rings (SSSR count). The lowest BCUT2D eigenvalue weighted by molar-refractivity contribution is -0.138. The van der Waals surface area contributed by atoms with Crippen LogP contribution >= 0.6 is 0 Å². The Morgan fingerprint density at radius 3 is 2.60 bits per heavy atom. The summed E-state index contributed by atoms with van der Waals surface area (Å²) in [5.41, 5.74) is 4.91. The van der Waals surface area contributed by atoms with Crippen LogP contribution < -0.4 is 4.74 Å². The molecule has 1 unspecified atom stereocenters. The van der Waals surface area contributed by atoms with E-state index in [1.807, 2.05) is 70.3 Å². The van der Waals surface area contributed by atoms with E-state index in [9.17, 15) is 4.79 Å². The normalized spacial score (nSPS) is 14.3. The van der Waals surface area contributed by atoms with Crippen molar-refractivity contribution in [3.8, 4) is 16.9 Å². The molecule has 0 aliphatic carbocycles. The lowest BCUT2D eigenvalue weighted by Gasteiger charge is -2.30. The van der Waals surface area contributed by atoms with Crippen LogP contribution in [0.25, 0.3) is 32.8 Å². The summed E-state index contributed by atoms with van der Waals surface area (Å²) >= 11 is 0. The fraction of sp³-hybridized carbons (Fsp3) is 0.333. The largest absolute Gasteiger partial charge is 0.493 e. The number of aryl methyl sites for hydroxylation is 1. The maximum absolute atomic E-state index is 15.9. The van der Waals surface area contributed by atoms with Gasteiger partial charge in [-0.1, -0.05) is 17.7 Å². The third-order valence-electron chi connectivity index (χ3n) is 6.62. The Labute approximate surface area is 205 Å². The average Bonchev–Trinajstić information content (AvgIpc) is 2.80. The third kappa shape index (κ3) is 3.98. The first kappa shape index (κ1) is 23.4. The highest BCUT2D eigenvalue weighted by atomic mass is 19.1. The number of carbonyl (C=O) groups is 1. The maximum atomic E-state index is 15.9. The minimum absolute atomic E-state index is 0.172. The number of ketones is 1. The predicted molar refractivity (Wildman–Crippen MR) is 138 cm³/mol. The maximum Gasteiger partial charge on any atom is 0.163 e. The van der Waals surface area contributed by atoms with E-state index in [4.69, 9.17) is 14.5 Å². The minimum atomic E-state index is -0.924. The van der Waals surface area contributed by atoms with Crippen LogP contribution in [-0.4, -0.2) is 23.0 Å². The molecule has 0 spiro atoms. The topological polar surface area (TPSA) is 48.4 Å². The first-order valence-corrected chi connectivity index (χ1v) is 12.0. The van der Waals surface area contributed by atoms with E-state index in [0.29, 0.717) is 23.1 Å². The van der Waals surface area contributed by atoms with Crippen molar-refractivity contribution in [2.24, 2.45) is 0 Å². The molecule has 5 heteroatoms. The van der Waals surface area contributed by atoms with Gasteiger partial charge in [-0.3, -0.25) is 9.78 Å². The number of fused-ring (bicyclic) bond motifs is 1. The van der Waals surface area contributed by atoms with Crippen molar-refractivity contribution in [1.29, 1.82) is 0 Å². The Hall–Kier alpha value is -3.31. The highest BCUT2D eigenvalue weighted by molar-refractivity contribution is 6.09. The van der Waals surface area contributed by atoms with Crippen LogP contribution in [0.2, 0.25) is 0 Å². The molecule has 1 atom stereocenters. The summed E-state index contributed by atoms with van der Waals surface area (Å²) in [6.45, 7) is 11.5. The van der Waals surface area contributed by atoms with Crippen molar-refractivity contribution < 1.29 is 18.7 Å². The molecule has 35 heavy (non-hydrogen) atoms. The van der Waals surface area contributed by atoms with Crippen LogP contribution in [0.15, 0.2) is 42.6 Å². The van der Waals surface area contributed by atoms with Gasteiger partial charge in [0.05, 0.1) is 17.7 Å². The molecule has 180 valence electrons. The summed E-state index contributed by atoms with van der Waals surface area (Å²) < 4.78 is 28.1. The number of ether oxygens (including phenoxy) is 2. The van der Waals surface area contributed by atoms with E-state index in [2.05, 4.69) is 0 Å². The summed E-state index contributed by atoms with van der Waals surface area (Å²) in [6.07, 6.45) is 1.69. The van der Waals surface area contributed by atoms with Gasteiger partial charge in [0, 0.05) is 34.5 Å². The Morgan fingerprint density at radius 1 is 1.11 bits per heavy atom. The number of hydrogen-bond acceptors (Lipinski definition) is 4. The van der Waals surface area contributed by atoms with Crippen molar-refractivity contribution in [2.75, 3.05) is 6.61 Å². The van der Waals surface area contributed by atoms with Gasteiger partial charge >= 0.3 is 0 Å². The van der Waals surface area contributed by atoms with Crippen LogP contribution in [-0.2, 0) is 16.0 Å². The van der Waals surface area contributed by atoms with Gasteiger partial charge in [-0.2, -0.15) is 0 Å². The predicted octanol–water partition coefficient (Wildman–Crippen LogP) is 7.19. The van der Waals surface area contributed by atoms with Crippen molar-refractivity contribution in [3.63, 3.8) is 0 Å². The number of pyridine rings is 1. The zero-order valence-corrected chi connectivity index (χ0v) is 21.1. The molecular weight excluding hydrogens is 441 g/mol. The standard InChI is InChI=1S/C30H30FNO3/c1-16-7-8-20-22(15-16)27(31)17(2)24(29(18(3)33)35-30(4,5)6)26(20)21-9-10-23-25-19(12-14-34-23)11-13-32-28(21)25/h7-11,13,15,29H,12,14H2,1-6H3. The fourth-order valence-corrected chi connectivity index (χ4v) is 5.13. The minimum Gasteiger partial charge on any atom is -0.493 e. The summed E-state index contributed by atoms with van der Waals surface area (Å²) in [5, 5.41) is 2.23. The van der Waals surface area contributed by atoms with E-state index in [0.717, 1.165) is 45.1 Å². The zero-order valence-electron chi connectivity index (χ0n) is 21.1. The highest BCUT2D eigenvalue weighted by Gasteiger charge is 2.32. The van der Waals surface area contributed by atoms with Gasteiger partial charge in [-0.05, 0) is 87.9 Å². The van der Waals surface area contributed by atoms with Gasteiger partial charge in [0.2, 0.25) is 0 Å². The lowest BCUT2D eigenvalue weighted by Crippen LogP contribution is -2.27. The van der Waals surface area contributed by atoms with Crippen LogP contribution in [0.4, 0.5) is 4.39 Å². The number of rotatable bonds is 4. The Bertz CT molecular complexity index is 1490. The molecule has 0 saturated heterocycles.